The summed E-state index contributed by atoms with van der Waals surface area (Å²) in [6.45, 7) is 10.5. The molecule has 0 bridgehead atoms. The van der Waals surface area contributed by atoms with Crippen molar-refractivity contribution in [1.82, 2.24) is 10.4 Å². The standard InChI is InChI=1S/C28H29N3O3/c1-17-14-21-22(28(4,5)34-27(21,2)3)16-19(17)15-20-11-12-24(33-20)26(32)31-30-25-13-10-18-8-6-7-9-23(18)29-25/h6-14,16H,15H2,1-5H3,(H,29,30)(H,31,32). The average molecular weight is 456 g/mol. The molecular weight excluding hydrogens is 426 g/mol. The average Bonchev–Trinajstić information content (AvgIpc) is 3.32. The van der Waals surface area contributed by atoms with Crippen molar-refractivity contribution in [2.24, 2.45) is 0 Å². The van der Waals surface area contributed by atoms with Gasteiger partial charge in [-0.05, 0) is 87.2 Å². The molecule has 5 rings (SSSR count). The normalized spacial score (nSPS) is 15.8. The largest absolute Gasteiger partial charge is 0.456 e. The second-order valence-corrected chi connectivity index (χ2v) is 9.86. The predicted molar refractivity (Wildman–Crippen MR) is 133 cm³/mol. The summed E-state index contributed by atoms with van der Waals surface area (Å²) in [4.78, 5) is 17.1. The van der Waals surface area contributed by atoms with Gasteiger partial charge in [0.15, 0.2) is 5.76 Å². The maximum atomic E-state index is 12.6. The molecule has 1 aliphatic heterocycles. The first-order valence-electron chi connectivity index (χ1n) is 11.5. The lowest BCUT2D eigenvalue weighted by Crippen LogP contribution is -2.29. The third-order valence-corrected chi connectivity index (χ3v) is 6.44. The number of amides is 1. The molecule has 0 fully saturated rings. The number of rotatable bonds is 5. The molecule has 6 nitrogen and oxygen atoms in total. The molecule has 34 heavy (non-hydrogen) atoms. The molecule has 0 spiro atoms. The van der Waals surface area contributed by atoms with Gasteiger partial charge in [-0.15, -0.1) is 0 Å². The summed E-state index contributed by atoms with van der Waals surface area (Å²) in [5.41, 5.74) is 10.5. The van der Waals surface area contributed by atoms with Gasteiger partial charge in [0, 0.05) is 11.8 Å². The zero-order chi connectivity index (χ0) is 24.1. The van der Waals surface area contributed by atoms with Crippen molar-refractivity contribution in [2.45, 2.75) is 52.2 Å². The van der Waals surface area contributed by atoms with E-state index in [1.807, 2.05) is 42.5 Å². The molecule has 2 aromatic heterocycles. The lowest BCUT2D eigenvalue weighted by Gasteiger charge is -2.24. The first kappa shape index (κ1) is 22.2. The summed E-state index contributed by atoms with van der Waals surface area (Å²) in [6, 6.07) is 19.6. The molecule has 0 unspecified atom stereocenters. The molecule has 4 aromatic rings. The summed E-state index contributed by atoms with van der Waals surface area (Å²) < 4.78 is 12.2. The summed E-state index contributed by atoms with van der Waals surface area (Å²) in [5.74, 6) is 1.17. The molecule has 1 amide bonds. The summed E-state index contributed by atoms with van der Waals surface area (Å²) in [6.07, 6.45) is 0.600. The van der Waals surface area contributed by atoms with E-state index in [2.05, 4.69) is 62.6 Å². The van der Waals surface area contributed by atoms with Crippen LogP contribution in [0.4, 0.5) is 5.82 Å². The highest BCUT2D eigenvalue weighted by atomic mass is 16.5. The van der Waals surface area contributed by atoms with Gasteiger partial charge in [0.1, 0.15) is 11.6 Å². The van der Waals surface area contributed by atoms with Crippen molar-refractivity contribution in [3.05, 3.63) is 94.4 Å². The molecule has 0 aliphatic carbocycles. The van der Waals surface area contributed by atoms with E-state index in [1.165, 1.54) is 16.7 Å². The van der Waals surface area contributed by atoms with E-state index in [1.54, 1.807) is 6.07 Å². The highest BCUT2D eigenvalue weighted by molar-refractivity contribution is 5.92. The van der Waals surface area contributed by atoms with E-state index < -0.39 is 0 Å². The molecule has 174 valence electrons. The van der Waals surface area contributed by atoms with E-state index in [0.717, 1.165) is 22.2 Å². The number of pyridine rings is 1. The van der Waals surface area contributed by atoms with Gasteiger partial charge < -0.3 is 9.15 Å². The quantitative estimate of drug-likeness (QED) is 0.362. The van der Waals surface area contributed by atoms with Crippen LogP contribution in [0.5, 0.6) is 0 Å². The van der Waals surface area contributed by atoms with Crippen molar-refractivity contribution in [2.75, 3.05) is 5.43 Å². The van der Waals surface area contributed by atoms with E-state index in [9.17, 15) is 4.79 Å². The fourth-order valence-electron chi connectivity index (χ4n) is 4.79. The molecule has 6 heteroatoms. The van der Waals surface area contributed by atoms with Gasteiger partial charge in [-0.3, -0.25) is 15.6 Å². The topological polar surface area (TPSA) is 76.4 Å². The lowest BCUT2D eigenvalue weighted by molar-refractivity contribution is -0.105. The maximum absolute atomic E-state index is 12.6. The van der Waals surface area contributed by atoms with Gasteiger partial charge >= 0.3 is 5.91 Å². The van der Waals surface area contributed by atoms with Gasteiger partial charge in [-0.1, -0.05) is 30.3 Å². The van der Waals surface area contributed by atoms with E-state index in [0.29, 0.717) is 12.2 Å². The second-order valence-electron chi connectivity index (χ2n) is 9.86. The number of benzene rings is 2. The number of carbonyl (C=O) groups excluding carboxylic acids is 1. The molecule has 0 atom stereocenters. The zero-order valence-electron chi connectivity index (χ0n) is 20.2. The van der Waals surface area contributed by atoms with E-state index >= 15 is 0 Å². The summed E-state index contributed by atoms with van der Waals surface area (Å²) >= 11 is 0. The van der Waals surface area contributed by atoms with Crippen LogP contribution in [0, 0.1) is 6.92 Å². The Morgan fingerprint density at radius 1 is 0.941 bits per heavy atom. The molecule has 2 N–H and O–H groups in total. The second kappa shape index (κ2) is 7.99. The van der Waals surface area contributed by atoms with Crippen molar-refractivity contribution >= 4 is 22.6 Å². The Hall–Kier alpha value is -3.64. The first-order chi connectivity index (χ1) is 16.1. The third-order valence-electron chi connectivity index (χ3n) is 6.44. The van der Waals surface area contributed by atoms with Gasteiger partial charge in [0.05, 0.1) is 16.7 Å². The minimum atomic E-state index is -0.358. The number of anilines is 1. The van der Waals surface area contributed by atoms with Crippen LogP contribution in [0.3, 0.4) is 0 Å². The Labute approximate surface area is 199 Å². The first-order valence-corrected chi connectivity index (χ1v) is 11.5. The number of para-hydroxylation sites is 1. The molecular formula is C28H29N3O3. The number of hydrogen-bond acceptors (Lipinski definition) is 5. The predicted octanol–water partition coefficient (Wildman–Crippen LogP) is 5.98. The number of nitrogens with one attached hydrogen (secondary N) is 2. The van der Waals surface area contributed by atoms with Gasteiger partial charge in [-0.25, -0.2) is 4.98 Å². The van der Waals surface area contributed by atoms with Crippen LogP contribution in [0.25, 0.3) is 10.9 Å². The number of carbonyl (C=O) groups is 1. The molecule has 0 saturated heterocycles. The van der Waals surface area contributed by atoms with E-state index in [-0.39, 0.29) is 22.9 Å². The summed E-state index contributed by atoms with van der Waals surface area (Å²) in [5, 5.41) is 1.04. The van der Waals surface area contributed by atoms with Crippen LogP contribution in [-0.4, -0.2) is 10.9 Å². The van der Waals surface area contributed by atoms with Crippen LogP contribution in [0.1, 0.15) is 66.3 Å². The Morgan fingerprint density at radius 2 is 1.68 bits per heavy atom. The Bertz CT molecular complexity index is 1400. The maximum Gasteiger partial charge on any atom is 0.305 e. The van der Waals surface area contributed by atoms with Crippen LogP contribution in [0.2, 0.25) is 0 Å². The monoisotopic (exact) mass is 455 g/mol. The third kappa shape index (κ3) is 4.05. The number of furan rings is 1. The number of ether oxygens (including phenoxy) is 1. The van der Waals surface area contributed by atoms with E-state index in [4.69, 9.17) is 9.15 Å². The van der Waals surface area contributed by atoms with Crippen LogP contribution >= 0.6 is 0 Å². The number of aryl methyl sites for hydroxylation is 1. The Kier molecular flexibility index (Phi) is 5.21. The SMILES string of the molecule is Cc1cc2c(cc1Cc1ccc(C(=O)NNc3ccc4ccccc4n3)o1)C(C)(C)OC2(C)C. The van der Waals surface area contributed by atoms with Crippen LogP contribution in [-0.2, 0) is 22.4 Å². The van der Waals surface area contributed by atoms with Crippen molar-refractivity contribution in [3.8, 4) is 0 Å². The Balaban J connectivity index is 1.29. The Morgan fingerprint density at radius 3 is 2.47 bits per heavy atom. The highest BCUT2D eigenvalue weighted by Crippen LogP contribution is 2.47. The summed E-state index contributed by atoms with van der Waals surface area (Å²) in [7, 11) is 0. The fourth-order valence-corrected chi connectivity index (χ4v) is 4.79. The van der Waals surface area contributed by atoms with Gasteiger partial charge in [0.25, 0.3) is 0 Å². The van der Waals surface area contributed by atoms with Crippen molar-refractivity contribution in [1.29, 1.82) is 0 Å². The number of aromatic nitrogens is 1. The van der Waals surface area contributed by atoms with Crippen molar-refractivity contribution in [3.63, 3.8) is 0 Å². The molecule has 0 radical (unpaired) electrons. The zero-order valence-corrected chi connectivity index (χ0v) is 20.2. The minimum Gasteiger partial charge on any atom is -0.456 e. The number of nitrogens with zero attached hydrogens (tertiary/aromatic N) is 1. The molecule has 3 heterocycles. The number of hydrazine groups is 1. The fraction of sp³-hybridized carbons (Fsp3) is 0.286. The number of hydrogen-bond donors (Lipinski definition) is 2. The van der Waals surface area contributed by atoms with Gasteiger partial charge in [0.2, 0.25) is 0 Å². The number of fused-ring (bicyclic) bond motifs is 2. The smallest absolute Gasteiger partial charge is 0.305 e. The lowest BCUT2D eigenvalue weighted by atomic mass is 9.86. The van der Waals surface area contributed by atoms with Crippen LogP contribution in [0.15, 0.2) is 65.1 Å². The molecule has 1 aliphatic rings. The minimum absolute atomic E-state index is 0.242. The highest BCUT2D eigenvalue weighted by Gasteiger charge is 2.43. The molecule has 0 saturated carbocycles. The molecule has 2 aromatic carbocycles. The van der Waals surface area contributed by atoms with Crippen LogP contribution < -0.4 is 10.9 Å². The van der Waals surface area contributed by atoms with Crippen molar-refractivity contribution < 1.29 is 13.9 Å². The van der Waals surface area contributed by atoms with Gasteiger partial charge in [-0.2, -0.15) is 0 Å².